The summed E-state index contributed by atoms with van der Waals surface area (Å²) in [6, 6.07) is 13.7. The monoisotopic (exact) mass is 615 g/mol. The van der Waals surface area contributed by atoms with Crippen LogP contribution in [0.3, 0.4) is 0 Å². The van der Waals surface area contributed by atoms with Crippen LogP contribution in [0.1, 0.15) is 95.9 Å². The molecule has 1 aromatic heterocycles. The summed E-state index contributed by atoms with van der Waals surface area (Å²) in [5.41, 5.74) is 7.00. The number of hydrogen-bond donors (Lipinski definition) is 2. The number of thiazole rings is 1. The summed E-state index contributed by atoms with van der Waals surface area (Å²) < 4.78 is 8.40. The number of nitrogens with zero attached hydrogens (tertiary/aromatic N) is 1. The molecular weight excluding hydrogens is 570 g/mol. The van der Waals surface area contributed by atoms with Gasteiger partial charge in [0.2, 0.25) is 5.51 Å². The van der Waals surface area contributed by atoms with E-state index in [1.165, 1.54) is 50.6 Å². The molecule has 2 aromatic carbocycles. The lowest BCUT2D eigenvalue weighted by molar-refractivity contribution is -0.689. The number of unbranched alkanes of at least 4 members (excludes halogenated alkanes) is 7. The number of hydrogen-bond acceptors (Lipinski definition) is 3. The number of carbonyl (C=O) groups excluding carboxylic acids is 1. The highest BCUT2D eigenvalue weighted by molar-refractivity contribution is 7.07. The van der Waals surface area contributed by atoms with Crippen LogP contribution in [0.25, 0.3) is 0 Å². The summed E-state index contributed by atoms with van der Waals surface area (Å²) in [4.78, 5) is 12.8. The Bertz CT molecular complexity index is 1160. The largest absolute Gasteiger partial charge is 1.00 e. The van der Waals surface area contributed by atoms with E-state index in [1.54, 1.807) is 11.3 Å². The van der Waals surface area contributed by atoms with Crippen LogP contribution in [-0.2, 0) is 12.0 Å². The minimum Gasteiger partial charge on any atom is -1.00 e. The van der Waals surface area contributed by atoms with E-state index in [1.807, 2.05) is 36.4 Å². The van der Waals surface area contributed by atoms with E-state index in [4.69, 9.17) is 4.74 Å². The Morgan fingerprint density at radius 1 is 0.923 bits per heavy atom. The number of aromatic nitrogens is 1. The van der Waals surface area contributed by atoms with Crippen molar-refractivity contribution in [3.05, 3.63) is 70.2 Å². The highest BCUT2D eigenvalue weighted by atomic mass is 79.9. The van der Waals surface area contributed by atoms with E-state index in [0.717, 1.165) is 47.8 Å². The highest BCUT2D eigenvalue weighted by Gasteiger charge is 2.20. The zero-order chi connectivity index (χ0) is 27.4. The molecule has 5 nitrogen and oxygen atoms in total. The molecule has 3 rings (SSSR count). The van der Waals surface area contributed by atoms with Crippen LogP contribution in [0, 0.1) is 6.92 Å². The van der Waals surface area contributed by atoms with Gasteiger partial charge < -0.3 is 32.4 Å². The number of rotatable bonds is 14. The number of nitrogens with one attached hydrogen (secondary N) is 2. The van der Waals surface area contributed by atoms with Crippen molar-refractivity contribution in [2.45, 2.75) is 97.9 Å². The predicted octanol–water partition coefficient (Wildman–Crippen LogP) is 5.86. The molecule has 0 atom stereocenters. The standard InChI is InChI=1S/C32H45N3O2S.BrH/c1-6-7-8-9-10-11-12-13-19-37-30-18-17-28(21-29(30)32(3,4)5)34-31(36)33-27-16-14-15-26(20-27)22-35-24-38-23-25(35)2;/h14-18,20-21,23-24H,6-13,19,22H2,1-5H3,(H-,33,34,36);1H. The number of ether oxygens (including phenoxy) is 1. The van der Waals surface area contributed by atoms with Gasteiger partial charge in [-0.25, -0.2) is 4.79 Å². The van der Waals surface area contributed by atoms with Crippen LogP contribution >= 0.6 is 11.3 Å². The second-order valence-electron chi connectivity index (χ2n) is 11.2. The Balaban J connectivity index is 0.00000533. The minimum absolute atomic E-state index is 0. The molecular formula is C32H46BrN3O2S. The van der Waals surface area contributed by atoms with Gasteiger partial charge in [0.05, 0.1) is 12.0 Å². The van der Waals surface area contributed by atoms with Gasteiger partial charge in [0.1, 0.15) is 5.75 Å². The number of amides is 2. The van der Waals surface area contributed by atoms with Crippen molar-refractivity contribution in [2.75, 3.05) is 17.2 Å². The lowest BCUT2D eigenvalue weighted by Crippen LogP contribution is -3.00. The summed E-state index contributed by atoms with van der Waals surface area (Å²) >= 11 is 1.69. The van der Waals surface area contributed by atoms with Gasteiger partial charge in [0.15, 0.2) is 12.2 Å². The zero-order valence-electron chi connectivity index (χ0n) is 24.3. The van der Waals surface area contributed by atoms with Gasteiger partial charge in [-0.15, -0.1) is 0 Å². The second kappa shape index (κ2) is 16.7. The Labute approximate surface area is 250 Å². The normalized spacial score (nSPS) is 11.1. The van der Waals surface area contributed by atoms with Gasteiger partial charge in [-0.05, 0) is 42.2 Å². The third-order valence-electron chi connectivity index (χ3n) is 6.72. The number of carbonyl (C=O) groups is 1. The molecule has 0 bridgehead atoms. The molecule has 214 valence electrons. The van der Waals surface area contributed by atoms with Gasteiger partial charge in [-0.2, -0.15) is 4.57 Å². The SMILES string of the molecule is CCCCCCCCCCOc1ccc(NC(=O)Nc2cccc(C[n+]3cscc3C)c2)cc1C(C)(C)C.[Br-]. The molecule has 0 aliphatic carbocycles. The van der Waals surface area contributed by atoms with Crippen LogP contribution in [0.4, 0.5) is 16.2 Å². The summed E-state index contributed by atoms with van der Waals surface area (Å²) in [6.07, 6.45) is 10.3. The van der Waals surface area contributed by atoms with E-state index in [2.05, 4.69) is 66.8 Å². The molecule has 7 heteroatoms. The first-order chi connectivity index (χ1) is 18.3. The van der Waals surface area contributed by atoms with Gasteiger partial charge >= 0.3 is 6.03 Å². The van der Waals surface area contributed by atoms with Crippen molar-refractivity contribution in [2.24, 2.45) is 0 Å². The molecule has 1 heterocycles. The van der Waals surface area contributed by atoms with Crippen molar-refractivity contribution in [1.82, 2.24) is 0 Å². The second-order valence-corrected chi connectivity index (χ2v) is 11.9. The smallest absolute Gasteiger partial charge is 0.323 e. The molecule has 0 saturated carbocycles. The van der Waals surface area contributed by atoms with E-state index in [9.17, 15) is 4.79 Å². The third kappa shape index (κ3) is 11.3. The Morgan fingerprint density at radius 2 is 1.59 bits per heavy atom. The number of urea groups is 1. The van der Waals surface area contributed by atoms with Crippen LogP contribution in [-0.4, -0.2) is 12.6 Å². The molecule has 0 unspecified atom stereocenters. The molecule has 0 saturated heterocycles. The number of aryl methyl sites for hydroxylation is 1. The lowest BCUT2D eigenvalue weighted by atomic mass is 9.86. The van der Waals surface area contributed by atoms with Crippen LogP contribution in [0.5, 0.6) is 5.75 Å². The summed E-state index contributed by atoms with van der Waals surface area (Å²) in [5.74, 6) is 0.903. The molecule has 2 amide bonds. The first kappa shape index (κ1) is 32.8. The average molecular weight is 617 g/mol. The van der Waals surface area contributed by atoms with Gasteiger partial charge in [-0.1, -0.05) is 96.1 Å². The first-order valence-electron chi connectivity index (χ1n) is 14.1. The topological polar surface area (TPSA) is 54.2 Å². The van der Waals surface area contributed by atoms with E-state index >= 15 is 0 Å². The van der Waals surface area contributed by atoms with Crippen LogP contribution in [0.15, 0.2) is 53.4 Å². The highest BCUT2D eigenvalue weighted by Crippen LogP contribution is 2.34. The van der Waals surface area contributed by atoms with Crippen LogP contribution in [0.2, 0.25) is 0 Å². The zero-order valence-corrected chi connectivity index (χ0v) is 26.7. The summed E-state index contributed by atoms with van der Waals surface area (Å²) in [5, 5.41) is 8.11. The van der Waals surface area contributed by atoms with E-state index in [0.29, 0.717) is 0 Å². The van der Waals surface area contributed by atoms with Gasteiger partial charge in [-0.3, -0.25) is 0 Å². The number of halogens is 1. The molecule has 39 heavy (non-hydrogen) atoms. The molecule has 3 aromatic rings. The van der Waals surface area contributed by atoms with Gasteiger partial charge in [0, 0.05) is 29.4 Å². The molecule has 0 fully saturated rings. The molecule has 2 N–H and O–H groups in total. The Kier molecular flexibility index (Phi) is 14.0. The minimum atomic E-state index is -0.256. The Hall–Kier alpha value is -2.38. The lowest BCUT2D eigenvalue weighted by Gasteiger charge is -2.24. The van der Waals surface area contributed by atoms with Crippen molar-refractivity contribution < 1.29 is 31.1 Å². The summed E-state index contributed by atoms with van der Waals surface area (Å²) in [6.45, 7) is 12.4. The van der Waals surface area contributed by atoms with Crippen molar-refractivity contribution in [3.63, 3.8) is 0 Å². The maximum Gasteiger partial charge on any atom is 0.323 e. The fourth-order valence-corrected chi connectivity index (χ4v) is 5.27. The van der Waals surface area contributed by atoms with E-state index in [-0.39, 0.29) is 28.4 Å². The van der Waals surface area contributed by atoms with Crippen molar-refractivity contribution >= 4 is 28.7 Å². The van der Waals surface area contributed by atoms with Gasteiger partial charge in [0.25, 0.3) is 0 Å². The van der Waals surface area contributed by atoms with Crippen LogP contribution < -0.4 is 36.9 Å². The number of benzene rings is 2. The fraction of sp³-hybridized carbons (Fsp3) is 0.500. The molecule has 0 spiro atoms. The molecule has 0 aliphatic heterocycles. The fourth-order valence-electron chi connectivity index (χ4n) is 4.49. The molecule has 0 aliphatic rings. The van der Waals surface area contributed by atoms with E-state index < -0.39 is 0 Å². The Morgan fingerprint density at radius 3 is 2.23 bits per heavy atom. The van der Waals surface area contributed by atoms with Crippen molar-refractivity contribution in [3.8, 4) is 5.75 Å². The quantitative estimate of drug-likeness (QED) is 0.176. The van der Waals surface area contributed by atoms with Crippen molar-refractivity contribution in [1.29, 1.82) is 0 Å². The average Bonchev–Trinajstić information content (AvgIpc) is 3.27. The maximum absolute atomic E-state index is 12.8. The predicted molar refractivity (Wildman–Crippen MR) is 161 cm³/mol. The summed E-state index contributed by atoms with van der Waals surface area (Å²) in [7, 11) is 0. The number of anilines is 2. The third-order valence-corrected chi connectivity index (χ3v) is 7.57. The maximum atomic E-state index is 12.8. The molecule has 0 radical (unpaired) electrons. The first-order valence-corrected chi connectivity index (χ1v) is 15.1.